The Morgan fingerprint density at radius 1 is 1.11 bits per heavy atom. The summed E-state index contributed by atoms with van der Waals surface area (Å²) in [4.78, 5) is 9.13. The fraction of sp³-hybridized carbons (Fsp3) is 0.333. The van der Waals surface area contributed by atoms with E-state index in [1.165, 1.54) is 18.6 Å². The SMILES string of the molecule is Clc1cc(-c2ccccc2)nc(C2CCCCS2)n1. The van der Waals surface area contributed by atoms with Crippen molar-refractivity contribution < 1.29 is 0 Å². The monoisotopic (exact) mass is 290 g/mol. The Kier molecular flexibility index (Phi) is 4.04. The normalized spacial score (nSPS) is 19.3. The van der Waals surface area contributed by atoms with Crippen LogP contribution in [0.2, 0.25) is 5.15 Å². The number of rotatable bonds is 2. The van der Waals surface area contributed by atoms with Crippen LogP contribution in [0.5, 0.6) is 0 Å². The first-order chi connectivity index (χ1) is 9.33. The predicted octanol–water partition coefficient (Wildman–Crippen LogP) is 4.76. The lowest BCUT2D eigenvalue weighted by Gasteiger charge is -2.20. The van der Waals surface area contributed by atoms with E-state index in [0.29, 0.717) is 10.4 Å². The fourth-order valence-electron chi connectivity index (χ4n) is 2.28. The van der Waals surface area contributed by atoms with Crippen molar-refractivity contribution in [1.29, 1.82) is 0 Å². The zero-order valence-electron chi connectivity index (χ0n) is 10.6. The molecule has 3 rings (SSSR count). The van der Waals surface area contributed by atoms with Crippen LogP contribution >= 0.6 is 23.4 Å². The lowest BCUT2D eigenvalue weighted by atomic mass is 10.1. The fourth-order valence-corrected chi connectivity index (χ4v) is 3.71. The molecule has 0 bridgehead atoms. The molecule has 19 heavy (non-hydrogen) atoms. The molecule has 1 aromatic heterocycles. The molecule has 1 aliphatic rings. The van der Waals surface area contributed by atoms with E-state index in [2.05, 4.69) is 17.1 Å². The molecule has 4 heteroatoms. The molecule has 0 N–H and O–H groups in total. The molecule has 0 aliphatic carbocycles. The van der Waals surface area contributed by atoms with Crippen LogP contribution in [-0.2, 0) is 0 Å². The summed E-state index contributed by atoms with van der Waals surface area (Å²) in [5, 5.41) is 0.935. The number of aromatic nitrogens is 2. The number of hydrogen-bond acceptors (Lipinski definition) is 3. The summed E-state index contributed by atoms with van der Waals surface area (Å²) < 4.78 is 0. The number of nitrogens with zero attached hydrogens (tertiary/aromatic N) is 2. The van der Waals surface area contributed by atoms with Gasteiger partial charge in [-0.25, -0.2) is 9.97 Å². The maximum atomic E-state index is 6.16. The smallest absolute Gasteiger partial charge is 0.143 e. The van der Waals surface area contributed by atoms with Gasteiger partial charge in [0.15, 0.2) is 0 Å². The third-order valence-electron chi connectivity index (χ3n) is 3.25. The van der Waals surface area contributed by atoms with E-state index in [1.807, 2.05) is 36.0 Å². The van der Waals surface area contributed by atoms with Gasteiger partial charge in [0.1, 0.15) is 11.0 Å². The standard InChI is InChI=1S/C15H15ClN2S/c16-14-10-12(11-6-2-1-3-7-11)17-15(18-14)13-8-4-5-9-19-13/h1-3,6-7,10,13H,4-5,8-9H2. The van der Waals surface area contributed by atoms with E-state index < -0.39 is 0 Å². The highest BCUT2D eigenvalue weighted by Crippen LogP contribution is 2.37. The maximum absolute atomic E-state index is 6.16. The first kappa shape index (κ1) is 12.9. The molecule has 1 fully saturated rings. The van der Waals surface area contributed by atoms with Crippen LogP contribution in [0.4, 0.5) is 0 Å². The Hall–Kier alpha value is -1.06. The third-order valence-corrected chi connectivity index (χ3v) is 4.82. The zero-order valence-corrected chi connectivity index (χ0v) is 12.1. The van der Waals surface area contributed by atoms with Crippen LogP contribution in [0.1, 0.15) is 30.3 Å². The van der Waals surface area contributed by atoms with Gasteiger partial charge < -0.3 is 0 Å². The van der Waals surface area contributed by atoms with Crippen LogP contribution in [-0.4, -0.2) is 15.7 Å². The molecule has 98 valence electrons. The molecule has 1 aromatic carbocycles. The van der Waals surface area contributed by atoms with Gasteiger partial charge in [0.05, 0.1) is 10.9 Å². The largest absolute Gasteiger partial charge is 0.232 e. The molecule has 0 radical (unpaired) electrons. The molecule has 1 atom stereocenters. The topological polar surface area (TPSA) is 25.8 Å². The quantitative estimate of drug-likeness (QED) is 0.746. The summed E-state index contributed by atoms with van der Waals surface area (Å²) in [6.45, 7) is 0. The minimum atomic E-state index is 0.398. The van der Waals surface area contributed by atoms with E-state index in [0.717, 1.165) is 23.5 Å². The maximum Gasteiger partial charge on any atom is 0.143 e. The Morgan fingerprint density at radius 3 is 2.68 bits per heavy atom. The van der Waals surface area contributed by atoms with E-state index in [4.69, 9.17) is 16.6 Å². The molecule has 2 nitrogen and oxygen atoms in total. The lowest BCUT2D eigenvalue weighted by Crippen LogP contribution is -2.07. The zero-order chi connectivity index (χ0) is 13.1. The first-order valence-electron chi connectivity index (χ1n) is 6.54. The highest BCUT2D eigenvalue weighted by atomic mass is 35.5. The van der Waals surface area contributed by atoms with Gasteiger partial charge in [-0.2, -0.15) is 11.8 Å². The van der Waals surface area contributed by atoms with E-state index in [-0.39, 0.29) is 0 Å². The van der Waals surface area contributed by atoms with E-state index in [1.54, 1.807) is 0 Å². The van der Waals surface area contributed by atoms with Gasteiger partial charge in [0.25, 0.3) is 0 Å². The van der Waals surface area contributed by atoms with Crippen LogP contribution in [0.3, 0.4) is 0 Å². The van der Waals surface area contributed by atoms with Crippen molar-refractivity contribution in [2.24, 2.45) is 0 Å². The van der Waals surface area contributed by atoms with E-state index in [9.17, 15) is 0 Å². The summed E-state index contributed by atoms with van der Waals surface area (Å²) in [5.41, 5.74) is 2.01. The summed E-state index contributed by atoms with van der Waals surface area (Å²) >= 11 is 8.10. The highest BCUT2D eigenvalue weighted by Gasteiger charge is 2.20. The molecule has 1 unspecified atom stereocenters. The van der Waals surface area contributed by atoms with Crippen molar-refractivity contribution >= 4 is 23.4 Å². The minimum Gasteiger partial charge on any atom is -0.232 e. The van der Waals surface area contributed by atoms with Crippen LogP contribution in [0.25, 0.3) is 11.3 Å². The minimum absolute atomic E-state index is 0.398. The van der Waals surface area contributed by atoms with Gasteiger partial charge in [-0.05, 0) is 18.6 Å². The molecule has 0 spiro atoms. The van der Waals surface area contributed by atoms with Crippen LogP contribution < -0.4 is 0 Å². The van der Waals surface area contributed by atoms with Gasteiger partial charge in [0, 0.05) is 11.6 Å². The molecule has 1 aliphatic heterocycles. The average Bonchev–Trinajstić information content (AvgIpc) is 2.48. The second-order valence-electron chi connectivity index (χ2n) is 4.66. The van der Waals surface area contributed by atoms with Crippen molar-refractivity contribution in [2.45, 2.75) is 24.5 Å². The Morgan fingerprint density at radius 2 is 1.95 bits per heavy atom. The number of halogens is 1. The summed E-state index contributed by atoms with van der Waals surface area (Å²) in [6, 6.07) is 12.0. The van der Waals surface area contributed by atoms with Gasteiger partial charge >= 0.3 is 0 Å². The second-order valence-corrected chi connectivity index (χ2v) is 6.35. The van der Waals surface area contributed by atoms with Crippen molar-refractivity contribution in [2.75, 3.05) is 5.75 Å². The third kappa shape index (κ3) is 3.10. The Balaban J connectivity index is 1.96. The first-order valence-corrected chi connectivity index (χ1v) is 7.97. The van der Waals surface area contributed by atoms with E-state index >= 15 is 0 Å². The van der Waals surface area contributed by atoms with Crippen molar-refractivity contribution in [3.8, 4) is 11.3 Å². The molecular weight excluding hydrogens is 276 g/mol. The average molecular weight is 291 g/mol. The number of hydrogen-bond donors (Lipinski definition) is 0. The summed E-state index contributed by atoms with van der Waals surface area (Å²) in [5.74, 6) is 2.08. The molecule has 0 amide bonds. The Labute approximate surface area is 122 Å². The Bertz CT molecular complexity index is 553. The molecule has 0 saturated carbocycles. The molecule has 2 heterocycles. The summed E-state index contributed by atoms with van der Waals surface area (Å²) in [7, 11) is 0. The number of benzene rings is 1. The van der Waals surface area contributed by atoms with Gasteiger partial charge in [-0.3, -0.25) is 0 Å². The predicted molar refractivity (Wildman–Crippen MR) is 81.5 cm³/mol. The van der Waals surface area contributed by atoms with Gasteiger partial charge in [-0.15, -0.1) is 0 Å². The molecular formula is C15H15ClN2S. The van der Waals surface area contributed by atoms with Crippen molar-refractivity contribution in [3.63, 3.8) is 0 Å². The molecule has 2 aromatic rings. The number of thioether (sulfide) groups is 1. The molecule has 1 saturated heterocycles. The second kappa shape index (κ2) is 5.93. The summed E-state index contributed by atoms with van der Waals surface area (Å²) in [6.07, 6.45) is 3.71. The van der Waals surface area contributed by atoms with Gasteiger partial charge in [-0.1, -0.05) is 48.4 Å². The lowest BCUT2D eigenvalue weighted by molar-refractivity contribution is 0.662. The van der Waals surface area contributed by atoms with Crippen molar-refractivity contribution in [3.05, 3.63) is 47.4 Å². The van der Waals surface area contributed by atoms with Crippen molar-refractivity contribution in [1.82, 2.24) is 9.97 Å². The van der Waals surface area contributed by atoms with Crippen LogP contribution in [0, 0.1) is 0 Å². The van der Waals surface area contributed by atoms with Crippen LogP contribution in [0.15, 0.2) is 36.4 Å². The highest BCUT2D eigenvalue weighted by molar-refractivity contribution is 7.99. The van der Waals surface area contributed by atoms with Gasteiger partial charge in [0.2, 0.25) is 0 Å².